The lowest BCUT2D eigenvalue weighted by Gasteiger charge is -2.32. The van der Waals surface area contributed by atoms with Crippen molar-refractivity contribution < 1.29 is 4.79 Å². The average Bonchev–Trinajstić information content (AvgIpc) is 2.59. The van der Waals surface area contributed by atoms with Crippen molar-refractivity contribution in [1.82, 2.24) is 19.8 Å². The number of nitrogens with one attached hydrogen (secondary N) is 1. The summed E-state index contributed by atoms with van der Waals surface area (Å²) in [6.45, 7) is 5.38. The third kappa shape index (κ3) is 4.34. The Bertz CT molecular complexity index is 636. The van der Waals surface area contributed by atoms with Crippen molar-refractivity contribution in [1.29, 1.82) is 0 Å². The Hall–Kier alpha value is -2.31. The zero-order chi connectivity index (χ0) is 16.1. The van der Waals surface area contributed by atoms with Crippen molar-refractivity contribution in [3.63, 3.8) is 0 Å². The number of likely N-dealkylation sites (N-methyl/N-ethyl adjacent to an activating group) is 1. The molecule has 0 atom stereocenters. The standard InChI is InChI=1S/C17H21N5O/c1-21-8-10-22(11-9-21)13-14-2-4-15(5-3-14)20-17(23)16-12-18-6-7-19-16/h2-7,12H,8-11,13H2,1H3,(H,20,23). The molecule has 0 aliphatic carbocycles. The van der Waals surface area contributed by atoms with Crippen LogP contribution in [-0.2, 0) is 6.54 Å². The van der Waals surface area contributed by atoms with Gasteiger partial charge in [-0.3, -0.25) is 14.7 Å². The van der Waals surface area contributed by atoms with Crippen LogP contribution in [0, 0.1) is 0 Å². The molecule has 1 aliphatic heterocycles. The second kappa shape index (κ2) is 7.30. The second-order valence-corrected chi connectivity index (χ2v) is 5.82. The highest BCUT2D eigenvalue weighted by atomic mass is 16.1. The van der Waals surface area contributed by atoms with Gasteiger partial charge in [0.25, 0.3) is 5.91 Å². The Morgan fingerprint density at radius 1 is 1.13 bits per heavy atom. The molecule has 1 fully saturated rings. The van der Waals surface area contributed by atoms with E-state index in [0.29, 0.717) is 5.69 Å². The van der Waals surface area contributed by atoms with Gasteiger partial charge in [-0.2, -0.15) is 0 Å². The molecule has 1 aromatic carbocycles. The molecular formula is C17H21N5O. The predicted octanol–water partition coefficient (Wildman–Crippen LogP) is 1.48. The molecule has 0 saturated carbocycles. The van der Waals surface area contributed by atoms with Crippen molar-refractivity contribution in [2.24, 2.45) is 0 Å². The van der Waals surface area contributed by atoms with Crippen LogP contribution in [0.3, 0.4) is 0 Å². The van der Waals surface area contributed by atoms with E-state index in [-0.39, 0.29) is 5.91 Å². The molecule has 1 N–H and O–H groups in total. The van der Waals surface area contributed by atoms with Crippen LogP contribution in [0.15, 0.2) is 42.9 Å². The van der Waals surface area contributed by atoms with Gasteiger partial charge in [0, 0.05) is 50.8 Å². The maximum atomic E-state index is 12.0. The summed E-state index contributed by atoms with van der Waals surface area (Å²) in [6.07, 6.45) is 4.51. The summed E-state index contributed by atoms with van der Waals surface area (Å²) in [5.41, 5.74) is 2.34. The number of piperazine rings is 1. The van der Waals surface area contributed by atoms with Crippen LogP contribution in [0.1, 0.15) is 16.1 Å². The van der Waals surface area contributed by atoms with Gasteiger partial charge in [-0.15, -0.1) is 0 Å². The number of rotatable bonds is 4. The van der Waals surface area contributed by atoms with Crippen molar-refractivity contribution in [3.8, 4) is 0 Å². The molecule has 3 rings (SSSR count). The fraction of sp³-hybridized carbons (Fsp3) is 0.353. The van der Waals surface area contributed by atoms with E-state index < -0.39 is 0 Å². The van der Waals surface area contributed by atoms with Gasteiger partial charge in [-0.25, -0.2) is 4.98 Å². The Morgan fingerprint density at radius 3 is 2.52 bits per heavy atom. The molecule has 1 amide bonds. The minimum atomic E-state index is -0.245. The SMILES string of the molecule is CN1CCN(Cc2ccc(NC(=O)c3cnccn3)cc2)CC1. The first kappa shape index (κ1) is 15.6. The quantitative estimate of drug-likeness (QED) is 0.926. The highest BCUT2D eigenvalue weighted by Gasteiger charge is 2.14. The molecule has 1 aliphatic rings. The fourth-order valence-electron chi connectivity index (χ4n) is 2.57. The molecule has 2 aromatic rings. The lowest BCUT2D eigenvalue weighted by atomic mass is 10.1. The summed E-state index contributed by atoms with van der Waals surface area (Å²) in [4.78, 5) is 24.7. The number of aromatic nitrogens is 2. The molecule has 0 bridgehead atoms. The Labute approximate surface area is 136 Å². The molecule has 0 unspecified atom stereocenters. The third-order valence-electron chi connectivity index (χ3n) is 4.01. The zero-order valence-electron chi connectivity index (χ0n) is 13.3. The zero-order valence-corrected chi connectivity index (χ0v) is 13.3. The summed E-state index contributed by atoms with van der Waals surface area (Å²) in [5.74, 6) is -0.245. The fourth-order valence-corrected chi connectivity index (χ4v) is 2.57. The van der Waals surface area contributed by atoms with E-state index in [4.69, 9.17) is 0 Å². The normalized spacial score (nSPS) is 16.2. The largest absolute Gasteiger partial charge is 0.321 e. The summed E-state index contributed by atoms with van der Waals surface area (Å²) >= 11 is 0. The highest BCUT2D eigenvalue weighted by Crippen LogP contribution is 2.13. The van der Waals surface area contributed by atoms with Crippen molar-refractivity contribution in [2.45, 2.75) is 6.54 Å². The maximum Gasteiger partial charge on any atom is 0.275 e. The van der Waals surface area contributed by atoms with Gasteiger partial charge in [-0.1, -0.05) is 12.1 Å². The molecule has 120 valence electrons. The molecule has 6 heteroatoms. The summed E-state index contributed by atoms with van der Waals surface area (Å²) in [7, 11) is 2.16. The maximum absolute atomic E-state index is 12.0. The molecule has 2 heterocycles. The van der Waals surface area contributed by atoms with E-state index in [1.807, 2.05) is 12.1 Å². The number of benzene rings is 1. The first-order valence-electron chi connectivity index (χ1n) is 7.78. The minimum Gasteiger partial charge on any atom is -0.321 e. The van der Waals surface area contributed by atoms with Gasteiger partial charge in [0.1, 0.15) is 5.69 Å². The third-order valence-corrected chi connectivity index (χ3v) is 4.01. The Kier molecular flexibility index (Phi) is 4.95. The molecule has 23 heavy (non-hydrogen) atoms. The van der Waals surface area contributed by atoms with Crippen LogP contribution >= 0.6 is 0 Å². The first-order valence-corrected chi connectivity index (χ1v) is 7.78. The summed E-state index contributed by atoms with van der Waals surface area (Å²) in [5, 5.41) is 2.83. The number of hydrogen-bond acceptors (Lipinski definition) is 5. The van der Waals surface area contributed by atoms with E-state index in [0.717, 1.165) is 38.4 Å². The van der Waals surface area contributed by atoms with Crippen LogP contribution in [0.5, 0.6) is 0 Å². The molecule has 0 spiro atoms. The van der Waals surface area contributed by atoms with E-state index in [9.17, 15) is 4.79 Å². The van der Waals surface area contributed by atoms with Crippen LogP contribution in [0.4, 0.5) is 5.69 Å². The van der Waals surface area contributed by atoms with Gasteiger partial charge in [0.15, 0.2) is 0 Å². The smallest absolute Gasteiger partial charge is 0.275 e. The molecule has 6 nitrogen and oxygen atoms in total. The first-order chi connectivity index (χ1) is 11.2. The van der Waals surface area contributed by atoms with Gasteiger partial charge in [0.2, 0.25) is 0 Å². The summed E-state index contributed by atoms with van der Waals surface area (Å²) in [6, 6.07) is 7.98. The van der Waals surface area contributed by atoms with Gasteiger partial charge in [0.05, 0.1) is 6.20 Å². The van der Waals surface area contributed by atoms with Crippen LogP contribution in [0.25, 0.3) is 0 Å². The van der Waals surface area contributed by atoms with Crippen molar-refractivity contribution in [2.75, 3.05) is 38.5 Å². The number of hydrogen-bond donors (Lipinski definition) is 1. The number of carbonyl (C=O) groups is 1. The summed E-state index contributed by atoms with van der Waals surface area (Å²) < 4.78 is 0. The van der Waals surface area contributed by atoms with Crippen LogP contribution in [-0.4, -0.2) is 58.9 Å². The second-order valence-electron chi connectivity index (χ2n) is 5.82. The minimum absolute atomic E-state index is 0.245. The number of anilines is 1. The van der Waals surface area contributed by atoms with Crippen molar-refractivity contribution in [3.05, 3.63) is 54.1 Å². The van der Waals surface area contributed by atoms with E-state index in [2.05, 4.69) is 44.3 Å². The predicted molar refractivity (Wildman–Crippen MR) is 89.2 cm³/mol. The molecule has 0 radical (unpaired) electrons. The number of nitrogens with zero attached hydrogens (tertiary/aromatic N) is 4. The van der Waals surface area contributed by atoms with Gasteiger partial charge in [-0.05, 0) is 24.7 Å². The Balaban J connectivity index is 1.56. The van der Waals surface area contributed by atoms with Crippen molar-refractivity contribution >= 4 is 11.6 Å². The highest BCUT2D eigenvalue weighted by molar-refractivity contribution is 6.02. The van der Waals surface area contributed by atoms with E-state index in [1.54, 1.807) is 6.20 Å². The lowest BCUT2D eigenvalue weighted by Crippen LogP contribution is -2.43. The Morgan fingerprint density at radius 2 is 1.87 bits per heavy atom. The topological polar surface area (TPSA) is 61.4 Å². The van der Waals surface area contributed by atoms with Gasteiger partial charge >= 0.3 is 0 Å². The number of carbonyl (C=O) groups excluding carboxylic acids is 1. The lowest BCUT2D eigenvalue weighted by molar-refractivity contribution is 0.102. The molecular weight excluding hydrogens is 290 g/mol. The molecule has 1 aromatic heterocycles. The van der Waals surface area contributed by atoms with E-state index in [1.165, 1.54) is 18.0 Å². The monoisotopic (exact) mass is 311 g/mol. The van der Waals surface area contributed by atoms with Crippen LogP contribution in [0.2, 0.25) is 0 Å². The van der Waals surface area contributed by atoms with E-state index >= 15 is 0 Å². The van der Waals surface area contributed by atoms with Gasteiger partial charge < -0.3 is 10.2 Å². The van der Waals surface area contributed by atoms with Crippen LogP contribution < -0.4 is 5.32 Å². The molecule has 1 saturated heterocycles. The number of amides is 1. The average molecular weight is 311 g/mol.